The highest BCUT2D eigenvalue weighted by Gasteiger charge is 2.15. The Morgan fingerprint density at radius 2 is 2.00 bits per heavy atom. The molecule has 0 fully saturated rings. The van der Waals surface area contributed by atoms with E-state index >= 15 is 0 Å². The number of thiazole rings is 1. The first kappa shape index (κ1) is 13.7. The summed E-state index contributed by atoms with van der Waals surface area (Å²) in [6.45, 7) is 0.228. The summed E-state index contributed by atoms with van der Waals surface area (Å²) < 4.78 is 46.2. The Morgan fingerprint density at radius 1 is 1.29 bits per heavy atom. The topological polar surface area (TPSA) is 38.6 Å². The molecule has 0 saturated carbocycles. The van der Waals surface area contributed by atoms with Crippen molar-refractivity contribution in [1.29, 1.82) is 0 Å². The predicted octanol–water partition coefficient (Wildman–Crippen LogP) is 3.43. The maximum atomic E-state index is 13.2. The second-order valence-corrected chi connectivity index (χ2v) is 5.10. The fourth-order valence-corrected chi connectivity index (χ4v) is 2.70. The Kier molecular flexibility index (Phi) is 3.46. The first-order valence-electron chi connectivity index (χ1n) is 5.97. The van der Waals surface area contributed by atoms with Gasteiger partial charge in [0.2, 0.25) is 5.88 Å². The van der Waals surface area contributed by atoms with Gasteiger partial charge < -0.3 is 10.1 Å². The molecule has 2 aromatic heterocycles. The van der Waals surface area contributed by atoms with E-state index in [1.54, 1.807) is 0 Å². The maximum absolute atomic E-state index is 13.2. The molecule has 3 rings (SSSR count). The van der Waals surface area contributed by atoms with E-state index in [1.807, 2.05) is 16.0 Å². The Labute approximate surface area is 121 Å². The van der Waals surface area contributed by atoms with Gasteiger partial charge in [-0.25, -0.2) is 13.2 Å². The fourth-order valence-electron chi connectivity index (χ4n) is 1.98. The van der Waals surface area contributed by atoms with Crippen LogP contribution in [0.15, 0.2) is 23.7 Å². The van der Waals surface area contributed by atoms with Crippen LogP contribution in [0.1, 0.15) is 5.69 Å². The number of nitrogens with zero attached hydrogens (tertiary/aromatic N) is 2. The molecule has 1 N–H and O–H groups in total. The minimum absolute atomic E-state index is 0.138. The number of hydrogen-bond acceptors (Lipinski definition) is 4. The van der Waals surface area contributed by atoms with E-state index in [1.165, 1.54) is 18.4 Å². The molecule has 0 aliphatic rings. The number of aromatic nitrogens is 2. The smallest absolute Gasteiger partial charge is 0.238 e. The molecule has 1 aromatic carbocycles. The number of nitrogens with one attached hydrogen (secondary N) is 1. The number of halogens is 3. The number of anilines is 1. The molecule has 3 aromatic rings. The van der Waals surface area contributed by atoms with Gasteiger partial charge in [0.25, 0.3) is 0 Å². The molecule has 2 heterocycles. The van der Waals surface area contributed by atoms with Crippen LogP contribution in [0, 0.1) is 17.5 Å². The molecule has 0 radical (unpaired) electrons. The molecular weight excluding hydrogens is 303 g/mol. The second-order valence-electron chi connectivity index (χ2n) is 4.23. The standard InChI is InChI=1S/C13H10F3N3OS/c1-20-12-10(19-2-3-21-13(19)18-12)6-17-7-4-8(14)11(16)9(15)5-7/h2-5,17H,6H2,1H3. The third-order valence-electron chi connectivity index (χ3n) is 2.96. The van der Waals surface area contributed by atoms with Gasteiger partial charge in [-0.3, -0.25) is 4.40 Å². The number of methoxy groups -OCH3 is 1. The summed E-state index contributed by atoms with van der Waals surface area (Å²) in [5.41, 5.74) is 0.845. The van der Waals surface area contributed by atoms with Crippen molar-refractivity contribution in [2.24, 2.45) is 0 Å². The van der Waals surface area contributed by atoms with Gasteiger partial charge in [0.1, 0.15) is 5.69 Å². The molecule has 0 amide bonds. The van der Waals surface area contributed by atoms with Crippen LogP contribution in [-0.2, 0) is 6.54 Å². The van der Waals surface area contributed by atoms with Crippen molar-refractivity contribution >= 4 is 22.0 Å². The minimum atomic E-state index is -1.48. The molecule has 0 atom stereocenters. The Balaban J connectivity index is 1.88. The van der Waals surface area contributed by atoms with E-state index < -0.39 is 17.5 Å². The zero-order valence-electron chi connectivity index (χ0n) is 10.9. The van der Waals surface area contributed by atoms with E-state index in [2.05, 4.69) is 10.3 Å². The lowest BCUT2D eigenvalue weighted by atomic mass is 10.2. The van der Waals surface area contributed by atoms with Gasteiger partial charge in [-0.1, -0.05) is 0 Å². The van der Waals surface area contributed by atoms with E-state index in [4.69, 9.17) is 4.74 Å². The highest BCUT2D eigenvalue weighted by atomic mass is 32.1. The van der Waals surface area contributed by atoms with Crippen molar-refractivity contribution < 1.29 is 17.9 Å². The van der Waals surface area contributed by atoms with Gasteiger partial charge in [-0.15, -0.1) is 11.3 Å². The molecule has 21 heavy (non-hydrogen) atoms. The van der Waals surface area contributed by atoms with Crippen LogP contribution in [0.2, 0.25) is 0 Å². The molecule has 0 aliphatic carbocycles. The van der Waals surface area contributed by atoms with Crippen LogP contribution < -0.4 is 10.1 Å². The van der Waals surface area contributed by atoms with Crippen molar-refractivity contribution in [3.8, 4) is 5.88 Å². The van der Waals surface area contributed by atoms with Crippen LogP contribution >= 0.6 is 11.3 Å². The number of fused-ring (bicyclic) bond motifs is 1. The van der Waals surface area contributed by atoms with Crippen molar-refractivity contribution in [3.63, 3.8) is 0 Å². The first-order valence-corrected chi connectivity index (χ1v) is 6.85. The summed E-state index contributed by atoms with van der Waals surface area (Å²) in [4.78, 5) is 5.01. The zero-order valence-corrected chi connectivity index (χ0v) is 11.7. The number of rotatable bonds is 4. The molecule has 110 valence electrons. The lowest BCUT2D eigenvalue weighted by molar-refractivity contribution is 0.395. The third kappa shape index (κ3) is 2.42. The van der Waals surface area contributed by atoms with Gasteiger partial charge in [-0.2, -0.15) is 4.98 Å². The molecule has 0 bridgehead atoms. The largest absolute Gasteiger partial charge is 0.480 e. The highest BCUT2D eigenvalue weighted by Crippen LogP contribution is 2.24. The molecule has 0 saturated heterocycles. The third-order valence-corrected chi connectivity index (χ3v) is 3.72. The average molecular weight is 313 g/mol. The average Bonchev–Trinajstić information content (AvgIpc) is 3.02. The molecule has 8 heteroatoms. The number of hydrogen-bond donors (Lipinski definition) is 1. The molecule has 4 nitrogen and oxygen atoms in total. The normalized spacial score (nSPS) is 11.0. The first-order chi connectivity index (χ1) is 10.1. The van der Waals surface area contributed by atoms with Gasteiger partial charge in [0.05, 0.1) is 13.7 Å². The zero-order chi connectivity index (χ0) is 15.0. The lowest BCUT2D eigenvalue weighted by Gasteiger charge is -2.08. The van der Waals surface area contributed by atoms with Crippen molar-refractivity contribution in [2.45, 2.75) is 6.54 Å². The van der Waals surface area contributed by atoms with Gasteiger partial charge in [-0.05, 0) is 0 Å². The molecule has 0 aliphatic heterocycles. The fraction of sp³-hybridized carbons (Fsp3) is 0.154. The predicted molar refractivity (Wildman–Crippen MR) is 73.3 cm³/mol. The summed E-state index contributed by atoms with van der Waals surface area (Å²) in [5, 5.41) is 4.69. The SMILES string of the molecule is COc1nc2sccn2c1CNc1cc(F)c(F)c(F)c1. The summed E-state index contributed by atoms with van der Waals surface area (Å²) in [5.74, 6) is -3.53. The van der Waals surface area contributed by atoms with Crippen molar-refractivity contribution in [3.05, 3.63) is 46.9 Å². The van der Waals surface area contributed by atoms with Crippen LogP contribution in [0.5, 0.6) is 5.88 Å². The van der Waals surface area contributed by atoms with Crippen LogP contribution in [0.25, 0.3) is 4.96 Å². The monoisotopic (exact) mass is 313 g/mol. The molecule has 0 spiro atoms. The van der Waals surface area contributed by atoms with Crippen LogP contribution in [-0.4, -0.2) is 16.5 Å². The maximum Gasteiger partial charge on any atom is 0.238 e. The van der Waals surface area contributed by atoms with Crippen molar-refractivity contribution in [1.82, 2.24) is 9.38 Å². The quantitative estimate of drug-likeness (QED) is 0.750. The summed E-state index contributed by atoms with van der Waals surface area (Å²) in [7, 11) is 1.49. The highest BCUT2D eigenvalue weighted by molar-refractivity contribution is 7.15. The van der Waals surface area contributed by atoms with Gasteiger partial charge >= 0.3 is 0 Å². The number of benzene rings is 1. The molecular formula is C13H10F3N3OS. The Morgan fingerprint density at radius 3 is 2.67 bits per heavy atom. The van der Waals surface area contributed by atoms with Crippen LogP contribution in [0.3, 0.4) is 0 Å². The van der Waals surface area contributed by atoms with Gasteiger partial charge in [0, 0.05) is 29.4 Å². The number of imidazole rings is 1. The number of ether oxygens (including phenoxy) is 1. The second kappa shape index (κ2) is 5.28. The van der Waals surface area contributed by atoms with E-state index in [9.17, 15) is 13.2 Å². The summed E-state index contributed by atoms with van der Waals surface area (Å²) in [6, 6.07) is 1.80. The minimum Gasteiger partial charge on any atom is -0.480 e. The Bertz CT molecular complexity index is 776. The molecule has 0 unspecified atom stereocenters. The van der Waals surface area contributed by atoms with E-state index in [0.717, 1.165) is 17.1 Å². The van der Waals surface area contributed by atoms with Crippen molar-refractivity contribution in [2.75, 3.05) is 12.4 Å². The summed E-state index contributed by atoms with van der Waals surface area (Å²) in [6.07, 6.45) is 1.82. The van der Waals surface area contributed by atoms with E-state index in [-0.39, 0.29) is 12.2 Å². The van der Waals surface area contributed by atoms with E-state index in [0.29, 0.717) is 11.6 Å². The lowest BCUT2D eigenvalue weighted by Crippen LogP contribution is -2.05. The van der Waals surface area contributed by atoms with Crippen LogP contribution in [0.4, 0.5) is 18.9 Å². The Hall–Kier alpha value is -2.22. The summed E-state index contributed by atoms with van der Waals surface area (Å²) >= 11 is 1.44. The van der Waals surface area contributed by atoms with Gasteiger partial charge in [0.15, 0.2) is 22.4 Å².